The minimum atomic E-state index is -0.345. The van der Waals surface area contributed by atoms with Crippen molar-refractivity contribution in [2.75, 3.05) is 0 Å². The highest BCUT2D eigenvalue weighted by Gasteiger charge is 2.36. The van der Waals surface area contributed by atoms with Gasteiger partial charge in [0.05, 0.1) is 11.4 Å². The Hall–Kier alpha value is -3.61. The maximum Gasteiger partial charge on any atom is 0.222 e. The monoisotopic (exact) mass is 415 g/mol. The number of carbonyl (C=O) groups is 1. The molecule has 156 valence electrons. The van der Waals surface area contributed by atoms with E-state index in [1.807, 2.05) is 25.3 Å². The van der Waals surface area contributed by atoms with Crippen LogP contribution < -0.4 is 5.32 Å². The summed E-state index contributed by atoms with van der Waals surface area (Å²) in [6.07, 6.45) is 3.04. The molecular formula is C24H22FN5O. The van der Waals surface area contributed by atoms with E-state index < -0.39 is 0 Å². The number of amidine groups is 1. The number of halogens is 1. The Labute approximate surface area is 179 Å². The van der Waals surface area contributed by atoms with Crippen molar-refractivity contribution in [2.24, 2.45) is 4.99 Å². The number of fused-ring (bicyclic) bond motifs is 2. The summed E-state index contributed by atoms with van der Waals surface area (Å²) in [5.41, 5.74) is 6.85. The standard InChI is InChI=1S/C24H22FN5O/c1-13-10-19-17(11-21(28-19)27-15(3)31)24-22(13)23(16-9-8-14(2)26-12-16)29-30(24)20-7-5-4-6-18(20)25/h4-9,12-13H,10-11H2,1-3H3,(H,27,28,31). The van der Waals surface area contributed by atoms with Crippen LogP contribution in [0, 0.1) is 12.7 Å². The first-order valence-electron chi connectivity index (χ1n) is 10.3. The third kappa shape index (κ3) is 3.26. The van der Waals surface area contributed by atoms with Gasteiger partial charge in [-0.1, -0.05) is 19.1 Å². The minimum Gasteiger partial charge on any atom is -0.314 e. The summed E-state index contributed by atoms with van der Waals surface area (Å²) >= 11 is 0. The zero-order chi connectivity index (χ0) is 21.7. The molecule has 3 heterocycles. The maximum absolute atomic E-state index is 14.8. The fourth-order valence-corrected chi connectivity index (χ4v) is 4.40. The van der Waals surface area contributed by atoms with Crippen LogP contribution in [0.15, 0.2) is 53.3 Å². The quantitative estimate of drug-likeness (QED) is 0.668. The molecule has 6 nitrogen and oxygen atoms in total. The van der Waals surface area contributed by atoms with Crippen LogP contribution in [0.1, 0.15) is 49.6 Å². The van der Waals surface area contributed by atoms with Crippen LogP contribution in [0.3, 0.4) is 0 Å². The number of hydrogen-bond acceptors (Lipinski definition) is 4. The second-order valence-corrected chi connectivity index (χ2v) is 8.11. The van der Waals surface area contributed by atoms with Crippen molar-refractivity contribution in [3.8, 4) is 16.9 Å². The summed E-state index contributed by atoms with van der Waals surface area (Å²) in [4.78, 5) is 20.7. The first-order chi connectivity index (χ1) is 14.9. The lowest BCUT2D eigenvalue weighted by Gasteiger charge is -2.22. The molecule has 2 aliphatic rings. The van der Waals surface area contributed by atoms with Crippen molar-refractivity contribution in [3.63, 3.8) is 0 Å². The van der Waals surface area contributed by atoms with Crippen LogP contribution in [0.2, 0.25) is 0 Å². The zero-order valence-electron chi connectivity index (χ0n) is 17.6. The van der Waals surface area contributed by atoms with Crippen LogP contribution in [-0.2, 0) is 4.79 Å². The van der Waals surface area contributed by atoms with Crippen molar-refractivity contribution in [3.05, 3.63) is 71.1 Å². The smallest absolute Gasteiger partial charge is 0.222 e. The Morgan fingerprint density at radius 3 is 2.74 bits per heavy atom. The van der Waals surface area contributed by atoms with Crippen LogP contribution in [0.25, 0.3) is 22.5 Å². The lowest BCUT2D eigenvalue weighted by Crippen LogP contribution is -2.26. The molecular weight excluding hydrogens is 393 g/mol. The van der Waals surface area contributed by atoms with Crippen LogP contribution in [-0.4, -0.2) is 26.5 Å². The SMILES string of the molecule is CC(=O)NC1=NC2=C(C1)c1c(c(-c3ccc(C)nc3)nn1-c1ccccc1F)C(C)C2. The number of hydrogen-bond donors (Lipinski definition) is 1. The van der Waals surface area contributed by atoms with Gasteiger partial charge in [-0.05, 0) is 43.5 Å². The molecule has 1 N–H and O–H groups in total. The molecule has 0 saturated heterocycles. The maximum atomic E-state index is 14.8. The molecule has 3 aromatic rings. The van der Waals surface area contributed by atoms with Crippen LogP contribution in [0.5, 0.6) is 0 Å². The van der Waals surface area contributed by atoms with Crippen molar-refractivity contribution in [1.29, 1.82) is 0 Å². The third-order valence-corrected chi connectivity index (χ3v) is 5.75. The molecule has 0 saturated carbocycles. The van der Waals surface area contributed by atoms with Crippen molar-refractivity contribution in [1.82, 2.24) is 20.1 Å². The molecule has 2 aromatic heterocycles. The summed E-state index contributed by atoms with van der Waals surface area (Å²) in [5, 5.41) is 7.70. The second kappa shape index (κ2) is 7.27. The van der Waals surface area contributed by atoms with E-state index in [1.165, 1.54) is 13.0 Å². The number of aliphatic imine (C=N–C) groups is 1. The Balaban J connectivity index is 1.73. The van der Waals surface area contributed by atoms with E-state index in [0.29, 0.717) is 17.9 Å². The Kier molecular flexibility index (Phi) is 4.54. The van der Waals surface area contributed by atoms with Crippen LogP contribution >= 0.6 is 0 Å². The summed E-state index contributed by atoms with van der Waals surface area (Å²) in [5.74, 6) is 0.257. The fourth-order valence-electron chi connectivity index (χ4n) is 4.40. The summed E-state index contributed by atoms with van der Waals surface area (Å²) in [7, 11) is 0. The Morgan fingerprint density at radius 1 is 1.23 bits per heavy atom. The number of nitrogens with one attached hydrogen (secondary N) is 1. The number of nitrogens with zero attached hydrogens (tertiary/aromatic N) is 4. The first kappa shape index (κ1) is 19.4. The van der Waals surface area contributed by atoms with E-state index in [4.69, 9.17) is 5.10 Å². The second-order valence-electron chi connectivity index (χ2n) is 8.11. The van der Waals surface area contributed by atoms with Gasteiger partial charge in [0, 0.05) is 47.6 Å². The van der Waals surface area contributed by atoms with E-state index in [1.54, 1.807) is 22.9 Å². The molecule has 1 aliphatic carbocycles. The fraction of sp³-hybridized carbons (Fsp3) is 0.250. The number of allylic oxidation sites excluding steroid dienone is 1. The molecule has 1 aromatic carbocycles. The van der Waals surface area contributed by atoms with Gasteiger partial charge in [-0.15, -0.1) is 0 Å². The van der Waals surface area contributed by atoms with Crippen LogP contribution in [0.4, 0.5) is 4.39 Å². The zero-order valence-corrected chi connectivity index (χ0v) is 17.6. The molecule has 1 aliphatic heterocycles. The Morgan fingerprint density at radius 2 is 2.03 bits per heavy atom. The highest BCUT2D eigenvalue weighted by Crippen LogP contribution is 2.47. The third-order valence-electron chi connectivity index (χ3n) is 5.75. The lowest BCUT2D eigenvalue weighted by molar-refractivity contribution is -0.117. The summed E-state index contributed by atoms with van der Waals surface area (Å²) in [6.45, 7) is 5.54. The molecule has 31 heavy (non-hydrogen) atoms. The van der Waals surface area contributed by atoms with E-state index in [-0.39, 0.29) is 17.6 Å². The molecule has 1 amide bonds. The molecule has 0 bridgehead atoms. The minimum absolute atomic E-state index is 0.131. The molecule has 5 rings (SSSR count). The summed E-state index contributed by atoms with van der Waals surface area (Å²) in [6, 6.07) is 10.6. The molecule has 0 radical (unpaired) electrons. The number of benzene rings is 1. The van der Waals surface area contributed by atoms with Gasteiger partial charge in [-0.2, -0.15) is 5.10 Å². The molecule has 1 unspecified atom stereocenters. The molecule has 0 spiro atoms. The van der Waals surface area contributed by atoms with E-state index >= 15 is 0 Å². The van der Waals surface area contributed by atoms with Crippen molar-refractivity contribution < 1.29 is 9.18 Å². The number of rotatable bonds is 2. The van der Waals surface area contributed by atoms with E-state index in [0.717, 1.165) is 45.9 Å². The molecule has 7 heteroatoms. The van der Waals surface area contributed by atoms with E-state index in [2.05, 4.69) is 22.2 Å². The predicted octanol–water partition coefficient (Wildman–Crippen LogP) is 4.54. The summed E-state index contributed by atoms with van der Waals surface area (Å²) < 4.78 is 16.5. The highest BCUT2D eigenvalue weighted by molar-refractivity contribution is 6.06. The molecule has 0 fully saturated rings. The largest absolute Gasteiger partial charge is 0.314 e. The normalized spacial score (nSPS) is 17.3. The Bertz CT molecular complexity index is 1270. The topological polar surface area (TPSA) is 72.2 Å². The van der Waals surface area contributed by atoms with Gasteiger partial charge in [0.25, 0.3) is 0 Å². The number of amides is 1. The van der Waals surface area contributed by atoms with Gasteiger partial charge < -0.3 is 5.32 Å². The number of para-hydroxylation sites is 1. The van der Waals surface area contributed by atoms with Crippen molar-refractivity contribution in [2.45, 2.75) is 39.5 Å². The first-order valence-corrected chi connectivity index (χ1v) is 10.3. The molecule has 1 atom stereocenters. The number of aromatic nitrogens is 3. The van der Waals surface area contributed by atoms with Gasteiger partial charge in [0.15, 0.2) is 0 Å². The highest BCUT2D eigenvalue weighted by atomic mass is 19.1. The van der Waals surface area contributed by atoms with Gasteiger partial charge in [-0.25, -0.2) is 14.1 Å². The van der Waals surface area contributed by atoms with Gasteiger partial charge in [0.2, 0.25) is 5.91 Å². The average Bonchev–Trinajstić information content (AvgIpc) is 3.30. The van der Waals surface area contributed by atoms with E-state index in [9.17, 15) is 9.18 Å². The lowest BCUT2D eigenvalue weighted by atomic mass is 9.83. The van der Waals surface area contributed by atoms with Gasteiger partial charge >= 0.3 is 0 Å². The van der Waals surface area contributed by atoms with Gasteiger partial charge in [-0.3, -0.25) is 9.78 Å². The number of carbonyl (C=O) groups excluding carboxylic acids is 1. The van der Waals surface area contributed by atoms with Crippen molar-refractivity contribution >= 4 is 17.3 Å². The number of pyridine rings is 1. The number of aryl methyl sites for hydroxylation is 1. The van der Waals surface area contributed by atoms with Gasteiger partial charge in [0.1, 0.15) is 17.3 Å². The average molecular weight is 415 g/mol. The predicted molar refractivity (Wildman–Crippen MR) is 117 cm³/mol.